The molecule has 92 valence electrons. The standard InChI is InChI=1S/C8H9F5N2O/c1-3-6(2,4-14)15-5(16)7(9,10)8(11,12)13/h3H2,1-2H3,(H,15,16). The van der Waals surface area contributed by atoms with E-state index in [1.807, 2.05) is 0 Å². The summed E-state index contributed by atoms with van der Waals surface area (Å²) in [6, 6.07) is 1.45. The maximum absolute atomic E-state index is 12.5. The van der Waals surface area contributed by atoms with Gasteiger partial charge >= 0.3 is 18.0 Å². The lowest BCUT2D eigenvalue weighted by Gasteiger charge is -2.25. The van der Waals surface area contributed by atoms with E-state index in [4.69, 9.17) is 5.26 Å². The molecule has 0 aromatic carbocycles. The molecule has 0 bridgehead atoms. The summed E-state index contributed by atoms with van der Waals surface area (Å²) in [6.07, 6.45) is -6.07. The van der Waals surface area contributed by atoms with Crippen molar-refractivity contribution in [1.29, 1.82) is 5.26 Å². The molecule has 0 aromatic heterocycles. The molecule has 0 aliphatic rings. The lowest BCUT2D eigenvalue weighted by Crippen LogP contribution is -2.56. The average Bonchev–Trinajstić information content (AvgIpc) is 2.15. The van der Waals surface area contributed by atoms with Crippen LogP contribution in [0.1, 0.15) is 20.3 Å². The van der Waals surface area contributed by atoms with Crippen LogP contribution in [0, 0.1) is 11.3 Å². The second-order valence-electron chi connectivity index (χ2n) is 3.32. The van der Waals surface area contributed by atoms with Crippen LogP contribution in [-0.2, 0) is 4.79 Å². The largest absolute Gasteiger partial charge is 0.463 e. The number of carbonyl (C=O) groups excluding carboxylic acids is 1. The second kappa shape index (κ2) is 4.23. The Balaban J connectivity index is 4.93. The van der Waals surface area contributed by atoms with Gasteiger partial charge in [-0.25, -0.2) is 0 Å². The molecule has 0 aromatic rings. The molecule has 0 saturated carbocycles. The van der Waals surface area contributed by atoms with Crippen molar-refractivity contribution < 1.29 is 26.7 Å². The summed E-state index contributed by atoms with van der Waals surface area (Å²) in [5.41, 5.74) is -1.74. The zero-order valence-electron chi connectivity index (χ0n) is 8.45. The minimum absolute atomic E-state index is 0.0941. The molecule has 1 N–H and O–H groups in total. The molecule has 1 amide bonds. The number of carbonyl (C=O) groups is 1. The van der Waals surface area contributed by atoms with Gasteiger partial charge in [-0.15, -0.1) is 0 Å². The molecule has 0 aliphatic heterocycles. The molecule has 1 atom stereocenters. The highest BCUT2D eigenvalue weighted by Crippen LogP contribution is 2.35. The zero-order valence-corrected chi connectivity index (χ0v) is 8.45. The molecule has 0 saturated heterocycles. The van der Waals surface area contributed by atoms with E-state index >= 15 is 0 Å². The summed E-state index contributed by atoms with van der Waals surface area (Å²) >= 11 is 0. The van der Waals surface area contributed by atoms with Crippen molar-refractivity contribution in [2.45, 2.75) is 37.9 Å². The van der Waals surface area contributed by atoms with Gasteiger partial charge in [0, 0.05) is 0 Å². The molecule has 0 spiro atoms. The van der Waals surface area contributed by atoms with Crippen LogP contribution in [0.4, 0.5) is 22.0 Å². The number of hydrogen-bond donors (Lipinski definition) is 1. The van der Waals surface area contributed by atoms with E-state index < -0.39 is 23.5 Å². The number of nitrogens with zero attached hydrogens (tertiary/aromatic N) is 1. The SMILES string of the molecule is CCC(C)(C#N)NC(=O)C(F)(F)C(F)(F)F. The van der Waals surface area contributed by atoms with Gasteiger partial charge in [-0.05, 0) is 13.3 Å². The Morgan fingerprint density at radius 3 is 2.00 bits per heavy atom. The minimum Gasteiger partial charge on any atom is -0.333 e. The van der Waals surface area contributed by atoms with Crippen molar-refractivity contribution >= 4 is 5.91 Å². The molecule has 0 radical (unpaired) electrons. The number of halogens is 5. The minimum atomic E-state index is -5.97. The van der Waals surface area contributed by atoms with Gasteiger partial charge in [0.05, 0.1) is 6.07 Å². The van der Waals surface area contributed by atoms with Gasteiger partial charge in [-0.1, -0.05) is 6.92 Å². The molecule has 0 rings (SSSR count). The van der Waals surface area contributed by atoms with Gasteiger partial charge in [0.2, 0.25) is 0 Å². The van der Waals surface area contributed by atoms with E-state index in [0.29, 0.717) is 0 Å². The van der Waals surface area contributed by atoms with Crippen molar-refractivity contribution in [1.82, 2.24) is 5.32 Å². The Kier molecular flexibility index (Phi) is 3.87. The molecule has 8 heteroatoms. The fourth-order valence-corrected chi connectivity index (χ4v) is 0.653. The third kappa shape index (κ3) is 2.81. The van der Waals surface area contributed by atoms with Crippen LogP contribution >= 0.6 is 0 Å². The lowest BCUT2D eigenvalue weighted by atomic mass is 10.0. The van der Waals surface area contributed by atoms with Crippen LogP contribution in [0.25, 0.3) is 0 Å². The van der Waals surface area contributed by atoms with Crippen LogP contribution in [0.3, 0.4) is 0 Å². The number of rotatable bonds is 3. The summed E-state index contributed by atoms with van der Waals surface area (Å²) in [6.45, 7) is 2.42. The topological polar surface area (TPSA) is 52.9 Å². The molecule has 0 heterocycles. The van der Waals surface area contributed by atoms with Gasteiger partial charge in [-0.2, -0.15) is 27.2 Å². The van der Waals surface area contributed by atoms with Crippen molar-refractivity contribution in [2.24, 2.45) is 0 Å². The summed E-state index contributed by atoms with van der Waals surface area (Å²) in [5, 5.41) is 9.88. The first kappa shape index (κ1) is 14.6. The van der Waals surface area contributed by atoms with E-state index in [1.54, 1.807) is 0 Å². The molecule has 3 nitrogen and oxygen atoms in total. The Labute approximate surface area is 88.2 Å². The number of hydrogen-bond acceptors (Lipinski definition) is 2. The summed E-state index contributed by atoms with van der Waals surface area (Å²) in [4.78, 5) is 10.7. The molecule has 0 aliphatic carbocycles. The molecule has 1 unspecified atom stereocenters. The number of nitrogens with one attached hydrogen (secondary N) is 1. The van der Waals surface area contributed by atoms with E-state index in [1.165, 1.54) is 18.3 Å². The number of amides is 1. The molecule has 16 heavy (non-hydrogen) atoms. The average molecular weight is 244 g/mol. The second-order valence-corrected chi connectivity index (χ2v) is 3.32. The molecule has 0 fully saturated rings. The Morgan fingerprint density at radius 1 is 1.31 bits per heavy atom. The summed E-state index contributed by atoms with van der Waals surface area (Å²) in [5.74, 6) is -8.02. The summed E-state index contributed by atoms with van der Waals surface area (Å²) in [7, 11) is 0. The molecular weight excluding hydrogens is 235 g/mol. The van der Waals surface area contributed by atoms with Crippen molar-refractivity contribution in [2.75, 3.05) is 0 Å². The third-order valence-corrected chi connectivity index (χ3v) is 1.98. The van der Waals surface area contributed by atoms with E-state index in [0.717, 1.165) is 6.92 Å². The van der Waals surface area contributed by atoms with Crippen LogP contribution in [0.2, 0.25) is 0 Å². The number of nitriles is 1. The monoisotopic (exact) mass is 244 g/mol. The highest BCUT2D eigenvalue weighted by molar-refractivity contribution is 5.85. The van der Waals surface area contributed by atoms with Gasteiger partial charge in [0.1, 0.15) is 5.54 Å². The van der Waals surface area contributed by atoms with Crippen molar-refractivity contribution in [3.05, 3.63) is 0 Å². The normalized spacial score (nSPS) is 16.1. The van der Waals surface area contributed by atoms with Crippen LogP contribution in [-0.4, -0.2) is 23.5 Å². The van der Waals surface area contributed by atoms with Gasteiger partial charge in [0.15, 0.2) is 0 Å². The summed E-state index contributed by atoms with van der Waals surface area (Å²) < 4.78 is 60.3. The maximum atomic E-state index is 12.5. The van der Waals surface area contributed by atoms with Crippen molar-refractivity contribution in [3.63, 3.8) is 0 Å². The first-order valence-electron chi connectivity index (χ1n) is 4.18. The maximum Gasteiger partial charge on any atom is 0.463 e. The quantitative estimate of drug-likeness (QED) is 0.772. The zero-order chi connectivity index (χ0) is 13.2. The predicted octanol–water partition coefficient (Wildman–Crippen LogP) is 1.99. The van der Waals surface area contributed by atoms with Crippen LogP contribution in [0.5, 0.6) is 0 Å². The van der Waals surface area contributed by atoms with Gasteiger partial charge < -0.3 is 5.32 Å². The fourth-order valence-electron chi connectivity index (χ4n) is 0.653. The lowest BCUT2D eigenvalue weighted by molar-refractivity contribution is -0.270. The first-order chi connectivity index (χ1) is 7.00. The highest BCUT2D eigenvalue weighted by Gasteiger charge is 2.64. The van der Waals surface area contributed by atoms with Gasteiger partial charge in [-0.3, -0.25) is 4.79 Å². The van der Waals surface area contributed by atoms with E-state index in [2.05, 4.69) is 0 Å². The Bertz CT molecular complexity index is 319. The fraction of sp³-hybridized carbons (Fsp3) is 0.750. The Morgan fingerprint density at radius 2 is 1.75 bits per heavy atom. The smallest absolute Gasteiger partial charge is 0.333 e. The first-order valence-corrected chi connectivity index (χ1v) is 4.18. The van der Waals surface area contributed by atoms with E-state index in [-0.39, 0.29) is 6.42 Å². The Hall–Kier alpha value is -1.39. The number of alkyl halides is 5. The van der Waals surface area contributed by atoms with Crippen molar-refractivity contribution in [3.8, 4) is 6.07 Å². The van der Waals surface area contributed by atoms with Gasteiger partial charge in [0.25, 0.3) is 0 Å². The predicted molar refractivity (Wildman–Crippen MR) is 43.5 cm³/mol. The molecular formula is C8H9F5N2O. The third-order valence-electron chi connectivity index (χ3n) is 1.98. The van der Waals surface area contributed by atoms with E-state index in [9.17, 15) is 26.7 Å². The highest BCUT2D eigenvalue weighted by atomic mass is 19.4. The van der Waals surface area contributed by atoms with Crippen LogP contribution < -0.4 is 5.32 Å². The van der Waals surface area contributed by atoms with Crippen LogP contribution in [0.15, 0.2) is 0 Å².